The van der Waals surface area contributed by atoms with Gasteiger partial charge in [-0.15, -0.1) is 0 Å². The Hall–Kier alpha value is -5.29. The number of halogens is 11. The summed E-state index contributed by atoms with van der Waals surface area (Å²) in [5.41, 5.74) is -14.2. The number of hydrogen-bond acceptors (Lipinski definition) is 6. The summed E-state index contributed by atoms with van der Waals surface area (Å²) in [4.78, 5) is 6.63. The molecule has 6 nitrogen and oxygen atoms in total. The zero-order valence-corrected chi connectivity index (χ0v) is 17.9. The molecule has 0 radical (unpaired) electrons. The van der Waals surface area contributed by atoms with Crippen LogP contribution < -0.4 is 10.4 Å². The number of nitriles is 4. The van der Waals surface area contributed by atoms with Gasteiger partial charge in [0.1, 0.15) is 29.3 Å². The van der Waals surface area contributed by atoms with Crippen LogP contribution in [0.25, 0.3) is 22.2 Å². The van der Waals surface area contributed by atoms with Gasteiger partial charge in [-0.25, -0.2) is 31.9 Å². The number of benzene rings is 2. The van der Waals surface area contributed by atoms with Gasteiger partial charge in [0.05, 0.1) is 28.3 Å². The molecule has 0 aliphatic heterocycles. The topological polar surface area (TPSA) is 121 Å². The molecule has 0 unspecified atom stereocenters. The quantitative estimate of drug-likeness (QED) is 0.254. The average Bonchev–Trinajstić information content (AvgIpc) is 2.87. The van der Waals surface area contributed by atoms with Crippen molar-refractivity contribution < 1.29 is 48.3 Å². The molecule has 0 fully saturated rings. The molecule has 1 heterocycles. The number of rotatable bonds is 1. The standard InChI is InChI=1S/C22HF11N6/c23-14-12(15(24)17(26)18(27)16(14)25)13(22(31,32)33)7-1-6(2-34)11(8(3-35)21(28,29)30)20-19(7)38-9(4-36)10(5-37)39-20/h1H/b11-8+,13-7-. The van der Waals surface area contributed by atoms with Crippen LogP contribution in [-0.4, -0.2) is 22.3 Å². The molecule has 3 aromatic rings. The molecule has 0 saturated carbocycles. The summed E-state index contributed by atoms with van der Waals surface area (Å²) >= 11 is 0. The molecule has 0 spiro atoms. The lowest BCUT2D eigenvalue weighted by Crippen LogP contribution is -2.31. The molecule has 0 N–H and O–H groups in total. The second-order valence-electron chi connectivity index (χ2n) is 7.10. The summed E-state index contributed by atoms with van der Waals surface area (Å²) in [5.74, 6) is -14.5. The van der Waals surface area contributed by atoms with Gasteiger partial charge in [0, 0.05) is 10.4 Å². The highest BCUT2D eigenvalue weighted by molar-refractivity contribution is 5.88. The van der Waals surface area contributed by atoms with Crippen molar-refractivity contribution in [2.45, 2.75) is 12.4 Å². The Bertz CT molecular complexity index is 1850. The van der Waals surface area contributed by atoms with Crippen LogP contribution in [-0.2, 0) is 0 Å². The third kappa shape index (κ3) is 4.51. The molecule has 0 aliphatic carbocycles. The minimum absolute atomic E-state index is 0.108. The monoisotopic (exact) mass is 558 g/mol. The maximum Gasteiger partial charge on any atom is 0.426 e. The molecule has 0 atom stereocenters. The summed E-state index contributed by atoms with van der Waals surface area (Å²) in [6.07, 6.45) is -11.6. The molecular weight excluding hydrogens is 557 g/mol. The van der Waals surface area contributed by atoms with E-state index in [1.165, 1.54) is 12.1 Å². The largest absolute Gasteiger partial charge is 0.426 e. The molecule has 196 valence electrons. The Kier molecular flexibility index (Phi) is 6.92. The predicted octanol–water partition coefficient (Wildman–Crippen LogP) is 3.94. The zero-order valence-electron chi connectivity index (χ0n) is 17.9. The molecular formula is C22HF11N6. The van der Waals surface area contributed by atoms with E-state index in [0.29, 0.717) is 6.07 Å². The Morgan fingerprint density at radius 2 is 1.10 bits per heavy atom. The maximum absolute atomic E-state index is 14.5. The molecule has 0 saturated heterocycles. The van der Waals surface area contributed by atoms with Gasteiger partial charge in [0.2, 0.25) is 5.82 Å². The van der Waals surface area contributed by atoms with Crippen molar-refractivity contribution in [2.75, 3.05) is 0 Å². The Morgan fingerprint density at radius 1 is 0.641 bits per heavy atom. The van der Waals surface area contributed by atoms with E-state index in [-0.39, 0.29) is 6.07 Å². The van der Waals surface area contributed by atoms with Crippen LogP contribution >= 0.6 is 0 Å². The van der Waals surface area contributed by atoms with Gasteiger partial charge in [-0.05, 0) is 6.07 Å². The fraction of sp³-hybridized carbons (Fsp3) is 0.0909. The highest BCUT2D eigenvalue weighted by atomic mass is 19.4. The molecule has 3 rings (SSSR count). The highest BCUT2D eigenvalue weighted by Gasteiger charge is 2.43. The molecule has 17 heteroatoms. The second kappa shape index (κ2) is 9.54. The normalized spacial score (nSPS) is 13.2. The minimum atomic E-state index is -6.06. The van der Waals surface area contributed by atoms with Crippen LogP contribution in [0.5, 0.6) is 0 Å². The zero-order chi connectivity index (χ0) is 29.6. The van der Waals surface area contributed by atoms with E-state index in [2.05, 4.69) is 9.97 Å². The maximum atomic E-state index is 14.5. The van der Waals surface area contributed by atoms with Crippen LogP contribution in [0.3, 0.4) is 0 Å². The van der Waals surface area contributed by atoms with Crippen LogP contribution in [0.4, 0.5) is 48.3 Å². The van der Waals surface area contributed by atoms with Gasteiger partial charge in [-0.2, -0.15) is 47.4 Å². The number of fused-ring (bicyclic) bond motifs is 1. The molecule has 0 amide bonds. The van der Waals surface area contributed by atoms with Gasteiger partial charge >= 0.3 is 12.4 Å². The summed E-state index contributed by atoms with van der Waals surface area (Å²) in [6.45, 7) is 0. The molecule has 0 aliphatic rings. The van der Waals surface area contributed by atoms with E-state index in [0.717, 1.165) is 6.07 Å². The van der Waals surface area contributed by atoms with Crippen LogP contribution in [0.1, 0.15) is 22.5 Å². The van der Waals surface area contributed by atoms with Crippen molar-refractivity contribution >= 4 is 22.2 Å². The SMILES string of the molecule is N#C/C(=c1/c(C#N)c/c(=C(\c2c(F)c(F)c(F)c(F)c2F)C(F)(F)F)c2nc(C#N)c(C#N)nc12)C(F)(F)F. The summed E-state index contributed by atoms with van der Waals surface area (Å²) in [6, 6.07) is 4.00. The van der Waals surface area contributed by atoms with E-state index < -0.39 is 96.6 Å². The number of aromatic nitrogens is 2. The van der Waals surface area contributed by atoms with Crippen LogP contribution in [0, 0.1) is 74.4 Å². The number of hydrogen-bond donors (Lipinski definition) is 0. The number of nitrogens with zero attached hydrogens (tertiary/aromatic N) is 6. The van der Waals surface area contributed by atoms with Gasteiger partial charge < -0.3 is 0 Å². The van der Waals surface area contributed by atoms with Crippen molar-refractivity contribution in [2.24, 2.45) is 0 Å². The van der Waals surface area contributed by atoms with E-state index in [4.69, 9.17) is 10.5 Å². The average molecular weight is 558 g/mol. The van der Waals surface area contributed by atoms with Crippen molar-refractivity contribution in [1.29, 1.82) is 21.0 Å². The first-order chi connectivity index (χ1) is 18.0. The molecule has 0 bridgehead atoms. The number of alkyl halides is 6. The van der Waals surface area contributed by atoms with Crippen molar-refractivity contribution in [3.8, 4) is 24.3 Å². The van der Waals surface area contributed by atoms with Crippen molar-refractivity contribution in [1.82, 2.24) is 9.97 Å². The third-order valence-electron chi connectivity index (χ3n) is 4.94. The van der Waals surface area contributed by atoms with Gasteiger partial charge in [0.15, 0.2) is 34.7 Å². The fourth-order valence-electron chi connectivity index (χ4n) is 3.41. The lowest BCUT2D eigenvalue weighted by atomic mass is 9.96. The molecule has 1 aromatic heterocycles. The van der Waals surface area contributed by atoms with Gasteiger partial charge in [-0.3, -0.25) is 0 Å². The Morgan fingerprint density at radius 3 is 1.49 bits per heavy atom. The van der Waals surface area contributed by atoms with E-state index in [1.54, 1.807) is 0 Å². The minimum Gasteiger partial charge on any atom is -0.232 e. The Balaban J connectivity index is 2.98. The summed E-state index contributed by atoms with van der Waals surface area (Å²) < 4.78 is 154. The lowest BCUT2D eigenvalue weighted by Gasteiger charge is -2.16. The van der Waals surface area contributed by atoms with Gasteiger partial charge in [-0.1, -0.05) is 0 Å². The van der Waals surface area contributed by atoms with E-state index >= 15 is 0 Å². The highest BCUT2D eigenvalue weighted by Crippen LogP contribution is 2.37. The summed E-state index contributed by atoms with van der Waals surface area (Å²) in [5, 5.41) is 33.6. The van der Waals surface area contributed by atoms with Crippen LogP contribution in [0.2, 0.25) is 0 Å². The smallest absolute Gasteiger partial charge is 0.232 e. The third-order valence-corrected chi connectivity index (χ3v) is 4.94. The molecule has 39 heavy (non-hydrogen) atoms. The molecule has 2 aromatic carbocycles. The predicted molar refractivity (Wildman–Crippen MR) is 103 cm³/mol. The van der Waals surface area contributed by atoms with Crippen molar-refractivity contribution in [3.05, 3.63) is 68.1 Å². The fourth-order valence-corrected chi connectivity index (χ4v) is 3.41. The van der Waals surface area contributed by atoms with Crippen LogP contribution in [0.15, 0.2) is 6.07 Å². The van der Waals surface area contributed by atoms with Gasteiger partial charge in [0.25, 0.3) is 0 Å². The van der Waals surface area contributed by atoms with Crippen molar-refractivity contribution in [3.63, 3.8) is 0 Å². The first kappa shape index (κ1) is 28.3. The summed E-state index contributed by atoms with van der Waals surface area (Å²) in [7, 11) is 0. The Labute approximate surface area is 207 Å². The van der Waals surface area contributed by atoms with E-state index in [9.17, 15) is 58.8 Å². The van der Waals surface area contributed by atoms with E-state index in [1.807, 2.05) is 0 Å². The lowest BCUT2D eigenvalue weighted by molar-refractivity contribution is -0.0703. The second-order valence-corrected chi connectivity index (χ2v) is 7.10. The first-order valence-corrected chi connectivity index (χ1v) is 9.45. The first-order valence-electron chi connectivity index (χ1n) is 9.45.